The maximum Gasteiger partial charge on any atom is 0.240 e. The van der Waals surface area contributed by atoms with Crippen molar-refractivity contribution in [2.45, 2.75) is 31.8 Å². The summed E-state index contributed by atoms with van der Waals surface area (Å²) in [5.74, 6) is -0.222. The van der Waals surface area contributed by atoms with Crippen molar-refractivity contribution >= 4 is 11.6 Å². The minimum atomic E-state index is -0.222. The first kappa shape index (κ1) is 15.8. The summed E-state index contributed by atoms with van der Waals surface area (Å²) in [5.41, 5.74) is 7.82. The molecule has 1 amide bonds. The molecule has 1 aliphatic heterocycles. The fourth-order valence-electron chi connectivity index (χ4n) is 2.75. The molecule has 0 aromatic heterocycles. The van der Waals surface area contributed by atoms with Crippen LogP contribution in [-0.2, 0) is 16.1 Å². The van der Waals surface area contributed by atoms with Gasteiger partial charge in [0.15, 0.2) is 0 Å². The number of ether oxygens (including phenoxy) is 1. The van der Waals surface area contributed by atoms with Crippen LogP contribution in [0.5, 0.6) is 0 Å². The van der Waals surface area contributed by atoms with Gasteiger partial charge >= 0.3 is 0 Å². The second-order valence-corrected chi connectivity index (χ2v) is 5.44. The topological polar surface area (TPSA) is 67.6 Å². The van der Waals surface area contributed by atoms with E-state index in [4.69, 9.17) is 10.5 Å². The molecule has 116 valence electrons. The van der Waals surface area contributed by atoms with Crippen LogP contribution in [0.25, 0.3) is 0 Å². The third kappa shape index (κ3) is 4.44. The Hall–Kier alpha value is -1.59. The molecule has 3 N–H and O–H groups in total. The summed E-state index contributed by atoms with van der Waals surface area (Å²) in [5, 5.41) is 3.32. The van der Waals surface area contributed by atoms with Crippen LogP contribution in [0.3, 0.4) is 0 Å². The van der Waals surface area contributed by atoms with Gasteiger partial charge in [-0.3, -0.25) is 4.79 Å². The Kier molecular flexibility index (Phi) is 6.02. The van der Waals surface area contributed by atoms with Gasteiger partial charge in [0.05, 0.1) is 6.61 Å². The summed E-state index contributed by atoms with van der Waals surface area (Å²) < 4.78 is 5.00. The Morgan fingerprint density at radius 2 is 2.14 bits per heavy atom. The Bertz CT molecular complexity index is 447. The van der Waals surface area contributed by atoms with Crippen LogP contribution >= 0.6 is 0 Å². The molecule has 0 spiro atoms. The van der Waals surface area contributed by atoms with E-state index in [0.717, 1.165) is 44.6 Å². The molecule has 1 atom stereocenters. The third-order valence-electron chi connectivity index (χ3n) is 3.91. The zero-order valence-corrected chi connectivity index (χ0v) is 12.7. The van der Waals surface area contributed by atoms with Gasteiger partial charge in [-0.25, -0.2) is 0 Å². The average molecular weight is 291 g/mol. The maximum atomic E-state index is 11.6. The summed E-state index contributed by atoms with van der Waals surface area (Å²) in [4.78, 5) is 13.7. The van der Waals surface area contributed by atoms with E-state index in [0.29, 0.717) is 6.61 Å². The second kappa shape index (κ2) is 8.00. The number of primary amides is 1. The van der Waals surface area contributed by atoms with Gasteiger partial charge in [-0.2, -0.15) is 0 Å². The highest BCUT2D eigenvalue weighted by Crippen LogP contribution is 2.25. The summed E-state index contributed by atoms with van der Waals surface area (Å²) in [7, 11) is 1.70. The first-order chi connectivity index (χ1) is 10.2. The van der Waals surface area contributed by atoms with Gasteiger partial charge in [-0.15, -0.1) is 0 Å². The molecular weight excluding hydrogens is 266 g/mol. The van der Waals surface area contributed by atoms with E-state index in [1.165, 1.54) is 5.56 Å². The molecule has 5 nitrogen and oxygen atoms in total. The van der Waals surface area contributed by atoms with E-state index in [1.54, 1.807) is 7.11 Å². The van der Waals surface area contributed by atoms with E-state index < -0.39 is 0 Å². The van der Waals surface area contributed by atoms with Crippen molar-refractivity contribution in [1.29, 1.82) is 0 Å². The van der Waals surface area contributed by atoms with Gasteiger partial charge in [0, 0.05) is 32.4 Å². The smallest absolute Gasteiger partial charge is 0.240 e. The summed E-state index contributed by atoms with van der Waals surface area (Å²) in [6.45, 7) is 3.28. The molecule has 1 saturated heterocycles. The molecule has 0 bridgehead atoms. The maximum absolute atomic E-state index is 11.6. The Balaban J connectivity index is 1.95. The number of hydrogen-bond acceptors (Lipinski definition) is 4. The number of nitrogens with zero attached hydrogens (tertiary/aromatic N) is 1. The number of methoxy groups -OCH3 is 1. The number of piperidine rings is 1. The van der Waals surface area contributed by atoms with Crippen molar-refractivity contribution in [3.63, 3.8) is 0 Å². The molecular formula is C16H25N3O2. The van der Waals surface area contributed by atoms with Gasteiger partial charge in [0.2, 0.25) is 5.91 Å². The number of carbonyl (C=O) groups excluding carboxylic acids is 1. The van der Waals surface area contributed by atoms with E-state index in [-0.39, 0.29) is 11.9 Å². The molecule has 1 aromatic carbocycles. The third-order valence-corrected chi connectivity index (χ3v) is 3.91. The number of amides is 1. The number of benzene rings is 1. The number of nitrogens with one attached hydrogen (secondary N) is 1. The molecule has 21 heavy (non-hydrogen) atoms. The SMILES string of the molecule is COCCNCc1ccc(N2CCCCC2C(N)=O)cc1. The van der Waals surface area contributed by atoms with Gasteiger partial charge in [-0.1, -0.05) is 12.1 Å². The van der Waals surface area contributed by atoms with Crippen molar-refractivity contribution in [1.82, 2.24) is 5.32 Å². The van der Waals surface area contributed by atoms with Crippen LogP contribution < -0.4 is 16.0 Å². The molecule has 5 heteroatoms. The van der Waals surface area contributed by atoms with Crippen LogP contribution in [0, 0.1) is 0 Å². The van der Waals surface area contributed by atoms with Crippen molar-refractivity contribution in [3.05, 3.63) is 29.8 Å². The van der Waals surface area contributed by atoms with E-state index >= 15 is 0 Å². The van der Waals surface area contributed by atoms with Gasteiger partial charge < -0.3 is 20.7 Å². The molecule has 1 aromatic rings. The molecule has 1 aliphatic rings. The molecule has 0 aliphatic carbocycles. The quantitative estimate of drug-likeness (QED) is 0.742. The summed E-state index contributed by atoms with van der Waals surface area (Å²) >= 11 is 0. The molecule has 2 rings (SSSR count). The highest BCUT2D eigenvalue weighted by molar-refractivity contribution is 5.83. The lowest BCUT2D eigenvalue weighted by Gasteiger charge is -2.35. The normalized spacial score (nSPS) is 18.7. The minimum absolute atomic E-state index is 0.163. The summed E-state index contributed by atoms with van der Waals surface area (Å²) in [6.07, 6.45) is 3.05. The first-order valence-corrected chi connectivity index (χ1v) is 7.57. The summed E-state index contributed by atoms with van der Waals surface area (Å²) in [6, 6.07) is 8.19. The predicted molar refractivity (Wildman–Crippen MR) is 84.2 cm³/mol. The number of carbonyl (C=O) groups is 1. The number of anilines is 1. The highest BCUT2D eigenvalue weighted by atomic mass is 16.5. The molecule has 1 unspecified atom stereocenters. The van der Waals surface area contributed by atoms with Gasteiger partial charge in [0.1, 0.15) is 6.04 Å². The standard InChI is InChI=1S/C16H25N3O2/c1-21-11-9-18-12-13-5-7-14(8-6-13)19-10-3-2-4-15(19)16(17)20/h5-8,15,18H,2-4,9-12H2,1H3,(H2,17,20). The Morgan fingerprint density at radius 3 is 2.81 bits per heavy atom. The highest BCUT2D eigenvalue weighted by Gasteiger charge is 2.26. The Morgan fingerprint density at radius 1 is 1.38 bits per heavy atom. The lowest BCUT2D eigenvalue weighted by molar-refractivity contribution is -0.119. The number of hydrogen-bond donors (Lipinski definition) is 2. The largest absolute Gasteiger partial charge is 0.383 e. The first-order valence-electron chi connectivity index (χ1n) is 7.57. The van der Waals surface area contributed by atoms with E-state index in [9.17, 15) is 4.79 Å². The van der Waals surface area contributed by atoms with Gasteiger partial charge in [-0.05, 0) is 37.0 Å². The monoisotopic (exact) mass is 291 g/mol. The zero-order valence-electron chi connectivity index (χ0n) is 12.7. The van der Waals surface area contributed by atoms with Crippen LogP contribution in [0.2, 0.25) is 0 Å². The van der Waals surface area contributed by atoms with Crippen molar-refractivity contribution < 1.29 is 9.53 Å². The van der Waals surface area contributed by atoms with Crippen LogP contribution in [-0.4, -0.2) is 38.8 Å². The van der Waals surface area contributed by atoms with Crippen LogP contribution in [0.1, 0.15) is 24.8 Å². The van der Waals surface area contributed by atoms with Crippen molar-refractivity contribution in [2.24, 2.45) is 5.73 Å². The van der Waals surface area contributed by atoms with Crippen LogP contribution in [0.4, 0.5) is 5.69 Å². The molecule has 1 heterocycles. The minimum Gasteiger partial charge on any atom is -0.383 e. The number of nitrogens with two attached hydrogens (primary N) is 1. The average Bonchev–Trinajstić information content (AvgIpc) is 2.52. The molecule has 1 fully saturated rings. The van der Waals surface area contributed by atoms with Crippen LogP contribution in [0.15, 0.2) is 24.3 Å². The van der Waals surface area contributed by atoms with Gasteiger partial charge in [0.25, 0.3) is 0 Å². The molecule has 0 saturated carbocycles. The fraction of sp³-hybridized carbons (Fsp3) is 0.562. The van der Waals surface area contributed by atoms with Crippen molar-refractivity contribution in [3.8, 4) is 0 Å². The van der Waals surface area contributed by atoms with Crippen molar-refractivity contribution in [2.75, 3.05) is 31.7 Å². The zero-order chi connectivity index (χ0) is 15.1. The van der Waals surface area contributed by atoms with E-state index in [2.05, 4.69) is 34.5 Å². The Labute approximate surface area is 126 Å². The lowest BCUT2D eigenvalue weighted by atomic mass is 10.0. The second-order valence-electron chi connectivity index (χ2n) is 5.44. The number of rotatable bonds is 7. The fourth-order valence-corrected chi connectivity index (χ4v) is 2.75. The predicted octanol–water partition coefficient (Wildman–Crippen LogP) is 1.27. The lowest BCUT2D eigenvalue weighted by Crippen LogP contribution is -2.47. The van der Waals surface area contributed by atoms with E-state index in [1.807, 2.05) is 0 Å². The molecule has 0 radical (unpaired) electrons.